The highest BCUT2D eigenvalue weighted by Gasteiger charge is 2.35. The van der Waals surface area contributed by atoms with E-state index in [2.05, 4.69) is 10.3 Å². The lowest BCUT2D eigenvalue weighted by Crippen LogP contribution is -2.22. The zero-order valence-corrected chi connectivity index (χ0v) is 11.4. The number of hydrogen-bond acceptors (Lipinski definition) is 3. The molecule has 0 spiro atoms. The Morgan fingerprint density at radius 1 is 1.50 bits per heavy atom. The van der Waals surface area contributed by atoms with Gasteiger partial charge in [0.2, 0.25) is 0 Å². The zero-order chi connectivity index (χ0) is 14.6. The van der Waals surface area contributed by atoms with Crippen molar-refractivity contribution in [2.45, 2.75) is 44.0 Å². The molecule has 2 atom stereocenters. The number of aromatic nitrogens is 1. The molecule has 20 heavy (non-hydrogen) atoms. The maximum atomic E-state index is 13.0. The monoisotopic (exact) mass is 288 g/mol. The Kier molecular flexibility index (Phi) is 4.99. The molecule has 1 aliphatic rings. The van der Waals surface area contributed by atoms with E-state index in [-0.39, 0.29) is 17.7 Å². The summed E-state index contributed by atoms with van der Waals surface area (Å²) >= 11 is 0. The summed E-state index contributed by atoms with van der Waals surface area (Å²) in [5, 5.41) is 2.96. The number of ether oxygens (including phenoxy) is 1. The number of alkyl halides is 3. The van der Waals surface area contributed by atoms with Crippen molar-refractivity contribution in [2.24, 2.45) is 0 Å². The number of pyridine rings is 1. The zero-order valence-electron chi connectivity index (χ0n) is 11.4. The lowest BCUT2D eigenvalue weighted by atomic mass is 9.96. The molecule has 1 aliphatic heterocycles. The first-order valence-corrected chi connectivity index (χ1v) is 6.82. The van der Waals surface area contributed by atoms with Gasteiger partial charge in [-0.05, 0) is 44.4 Å². The molecule has 0 radical (unpaired) electrons. The molecular formula is C14H19F3N2O. The van der Waals surface area contributed by atoms with E-state index in [4.69, 9.17) is 4.74 Å². The second-order valence-corrected chi connectivity index (χ2v) is 5.01. The van der Waals surface area contributed by atoms with Crippen LogP contribution in [0.3, 0.4) is 0 Å². The molecule has 0 amide bonds. The van der Waals surface area contributed by atoms with Gasteiger partial charge in [-0.25, -0.2) is 0 Å². The van der Waals surface area contributed by atoms with Gasteiger partial charge in [0.15, 0.2) is 0 Å². The van der Waals surface area contributed by atoms with Crippen molar-refractivity contribution < 1.29 is 17.9 Å². The predicted molar refractivity (Wildman–Crippen MR) is 69.2 cm³/mol. The molecule has 0 aromatic carbocycles. The lowest BCUT2D eigenvalue weighted by molar-refractivity contribution is -0.138. The highest BCUT2D eigenvalue weighted by Crippen LogP contribution is 2.35. The molecule has 112 valence electrons. The van der Waals surface area contributed by atoms with Crippen molar-refractivity contribution in [1.82, 2.24) is 10.3 Å². The predicted octanol–water partition coefficient (Wildman–Crippen LogP) is 3.32. The average molecular weight is 288 g/mol. The number of hydrogen-bond donors (Lipinski definition) is 1. The maximum Gasteiger partial charge on any atom is 0.416 e. The van der Waals surface area contributed by atoms with Crippen molar-refractivity contribution in [1.29, 1.82) is 0 Å². The van der Waals surface area contributed by atoms with Crippen LogP contribution in [0.1, 0.15) is 42.9 Å². The summed E-state index contributed by atoms with van der Waals surface area (Å²) in [5.41, 5.74) is -0.403. The summed E-state index contributed by atoms with van der Waals surface area (Å²) in [6.07, 6.45) is 1.71. The van der Waals surface area contributed by atoms with Gasteiger partial charge in [0, 0.05) is 25.0 Å². The van der Waals surface area contributed by atoms with E-state index in [0.29, 0.717) is 6.42 Å². The molecule has 0 aliphatic carbocycles. The summed E-state index contributed by atoms with van der Waals surface area (Å²) in [4.78, 5) is 3.84. The van der Waals surface area contributed by atoms with Gasteiger partial charge >= 0.3 is 6.18 Å². The number of rotatable bonds is 5. The Bertz CT molecular complexity index is 431. The first-order valence-electron chi connectivity index (χ1n) is 6.82. The largest absolute Gasteiger partial charge is 0.416 e. The third kappa shape index (κ3) is 3.70. The minimum atomic E-state index is -4.35. The van der Waals surface area contributed by atoms with Crippen LogP contribution in [-0.2, 0) is 10.9 Å². The van der Waals surface area contributed by atoms with E-state index in [1.165, 1.54) is 12.4 Å². The minimum Gasteiger partial charge on any atom is -0.378 e. The Labute approximate surface area is 116 Å². The van der Waals surface area contributed by atoms with Crippen LogP contribution in [0.4, 0.5) is 13.2 Å². The molecule has 1 fully saturated rings. The van der Waals surface area contributed by atoms with Gasteiger partial charge in [-0.3, -0.25) is 4.98 Å². The molecular weight excluding hydrogens is 269 g/mol. The summed E-state index contributed by atoms with van der Waals surface area (Å²) < 4.78 is 44.5. The summed E-state index contributed by atoms with van der Waals surface area (Å²) in [7, 11) is 1.67. The molecule has 2 unspecified atom stereocenters. The first kappa shape index (κ1) is 15.3. The molecule has 1 aromatic rings. The van der Waals surface area contributed by atoms with Gasteiger partial charge in [-0.2, -0.15) is 13.2 Å². The molecule has 1 aromatic heterocycles. The maximum absolute atomic E-state index is 13.0. The van der Waals surface area contributed by atoms with Crippen molar-refractivity contribution in [3.8, 4) is 0 Å². The van der Waals surface area contributed by atoms with Crippen molar-refractivity contribution in [3.63, 3.8) is 0 Å². The lowest BCUT2D eigenvalue weighted by Gasteiger charge is -2.22. The number of halogens is 3. The smallest absolute Gasteiger partial charge is 0.378 e. The summed E-state index contributed by atoms with van der Waals surface area (Å²) in [6, 6.07) is 0.677. The van der Waals surface area contributed by atoms with Crippen molar-refractivity contribution in [3.05, 3.63) is 29.6 Å². The molecule has 3 nitrogen and oxygen atoms in total. The van der Waals surface area contributed by atoms with Crippen LogP contribution in [0.2, 0.25) is 0 Å². The topological polar surface area (TPSA) is 34.1 Å². The molecule has 1 saturated heterocycles. The number of nitrogens with one attached hydrogen (secondary N) is 1. The third-order valence-corrected chi connectivity index (χ3v) is 3.68. The highest BCUT2D eigenvalue weighted by atomic mass is 19.4. The molecule has 2 rings (SSSR count). The molecule has 6 heteroatoms. The highest BCUT2D eigenvalue weighted by molar-refractivity contribution is 5.29. The Hall–Kier alpha value is -1.14. The van der Waals surface area contributed by atoms with Crippen LogP contribution in [-0.4, -0.2) is 24.7 Å². The van der Waals surface area contributed by atoms with Crippen LogP contribution in [0.5, 0.6) is 0 Å². The van der Waals surface area contributed by atoms with Gasteiger partial charge in [-0.15, -0.1) is 0 Å². The van der Waals surface area contributed by atoms with E-state index in [1.807, 2.05) is 0 Å². The fourth-order valence-corrected chi connectivity index (χ4v) is 2.62. The SMILES string of the molecule is CNC(CCC1CCCO1)c1cnccc1C(F)(F)F. The van der Waals surface area contributed by atoms with Crippen LogP contribution < -0.4 is 5.32 Å². The second-order valence-electron chi connectivity index (χ2n) is 5.01. The fraction of sp³-hybridized carbons (Fsp3) is 0.643. The first-order chi connectivity index (χ1) is 9.52. The van der Waals surface area contributed by atoms with Gasteiger partial charge in [-0.1, -0.05) is 0 Å². The molecule has 1 N–H and O–H groups in total. The Morgan fingerprint density at radius 2 is 2.30 bits per heavy atom. The fourth-order valence-electron chi connectivity index (χ4n) is 2.62. The van der Waals surface area contributed by atoms with Gasteiger partial charge in [0.05, 0.1) is 11.7 Å². The molecule has 0 saturated carbocycles. The Balaban J connectivity index is 2.10. The standard InChI is InChI=1S/C14H19F3N2O/c1-18-13(5-4-10-3-2-8-20-10)11-9-19-7-6-12(11)14(15,16)17/h6-7,9-10,13,18H,2-5,8H2,1H3. The van der Waals surface area contributed by atoms with Crippen LogP contribution >= 0.6 is 0 Å². The summed E-state index contributed by atoms with van der Waals surface area (Å²) in [5.74, 6) is 0. The van der Waals surface area contributed by atoms with E-state index in [1.54, 1.807) is 7.05 Å². The molecule has 2 heterocycles. The van der Waals surface area contributed by atoms with Crippen molar-refractivity contribution >= 4 is 0 Å². The van der Waals surface area contributed by atoms with Crippen LogP contribution in [0.25, 0.3) is 0 Å². The normalized spacial score (nSPS) is 21.1. The van der Waals surface area contributed by atoms with E-state index in [0.717, 1.165) is 31.9 Å². The van der Waals surface area contributed by atoms with E-state index in [9.17, 15) is 13.2 Å². The number of nitrogens with zero attached hydrogens (tertiary/aromatic N) is 1. The van der Waals surface area contributed by atoms with Crippen LogP contribution in [0.15, 0.2) is 18.5 Å². The summed E-state index contributed by atoms with van der Waals surface area (Å²) in [6.45, 7) is 0.760. The quantitative estimate of drug-likeness (QED) is 0.902. The van der Waals surface area contributed by atoms with Gasteiger partial charge < -0.3 is 10.1 Å². The molecule has 0 bridgehead atoms. The van der Waals surface area contributed by atoms with Gasteiger partial charge in [0.1, 0.15) is 0 Å². The second kappa shape index (κ2) is 6.54. The minimum absolute atomic E-state index is 0.178. The Morgan fingerprint density at radius 3 is 2.90 bits per heavy atom. The van der Waals surface area contributed by atoms with Crippen molar-refractivity contribution in [2.75, 3.05) is 13.7 Å². The average Bonchev–Trinajstić information content (AvgIpc) is 2.92. The van der Waals surface area contributed by atoms with Crippen LogP contribution in [0, 0.1) is 0 Å². The van der Waals surface area contributed by atoms with E-state index < -0.39 is 11.7 Å². The third-order valence-electron chi connectivity index (χ3n) is 3.68. The van der Waals surface area contributed by atoms with E-state index >= 15 is 0 Å². The van der Waals surface area contributed by atoms with Gasteiger partial charge in [0.25, 0.3) is 0 Å².